The third-order valence-corrected chi connectivity index (χ3v) is 6.43. The predicted molar refractivity (Wildman–Crippen MR) is 150 cm³/mol. The smallest absolute Gasteiger partial charge is 0.325 e. The Morgan fingerprint density at radius 1 is 1.00 bits per heavy atom. The Labute approximate surface area is 227 Å². The summed E-state index contributed by atoms with van der Waals surface area (Å²) in [6, 6.07) is 16.2. The number of carbonyl (C=O) groups excluding carboxylic acids is 2. The molecule has 1 aliphatic rings. The molecule has 0 atom stereocenters. The lowest BCUT2D eigenvalue weighted by molar-refractivity contribution is 0.102. The first-order chi connectivity index (χ1) is 19.0. The number of hydrogen-bond donors (Lipinski definition) is 3. The molecule has 10 heteroatoms. The van der Waals surface area contributed by atoms with Gasteiger partial charge in [0.15, 0.2) is 11.5 Å². The van der Waals surface area contributed by atoms with Crippen LogP contribution in [0.2, 0.25) is 0 Å². The van der Waals surface area contributed by atoms with Crippen molar-refractivity contribution in [3.8, 4) is 17.2 Å². The Balaban J connectivity index is 0.00000172. The second kappa shape index (κ2) is 12.9. The van der Waals surface area contributed by atoms with Crippen molar-refractivity contribution in [1.82, 2.24) is 19.8 Å². The first-order valence-electron chi connectivity index (χ1n) is 12.7. The standard InChI is InChI=1S/C28H29N5O4.CH4O/c1-29-28(35)33-14-10-21-15-25(24(36-2)17-23(21)33)37-22-9-11-30-26(16-22)31-27(34)20-7-5-19(6-8-20)18-32-12-3-4-13-32;1-2/h5-11,14-17H,3-4,12-13,18H2,1-2H3,(H,29,35)(H,30,31,34);2H,1H3. The monoisotopic (exact) mass is 531 g/mol. The molecule has 0 bridgehead atoms. The Kier molecular flexibility index (Phi) is 9.14. The maximum Gasteiger partial charge on any atom is 0.325 e. The Morgan fingerprint density at radius 2 is 1.74 bits per heavy atom. The number of hydrogen-bond acceptors (Lipinski definition) is 7. The van der Waals surface area contributed by atoms with E-state index in [0.29, 0.717) is 34.1 Å². The highest BCUT2D eigenvalue weighted by atomic mass is 16.5. The molecule has 3 heterocycles. The van der Waals surface area contributed by atoms with Crippen molar-refractivity contribution in [3.05, 3.63) is 78.1 Å². The second-order valence-electron chi connectivity index (χ2n) is 8.92. The molecule has 39 heavy (non-hydrogen) atoms. The van der Waals surface area contributed by atoms with Gasteiger partial charge in [0.05, 0.1) is 12.6 Å². The van der Waals surface area contributed by atoms with E-state index in [0.717, 1.165) is 32.1 Å². The van der Waals surface area contributed by atoms with Crippen molar-refractivity contribution < 1.29 is 24.2 Å². The predicted octanol–water partition coefficient (Wildman–Crippen LogP) is 4.48. The zero-order chi connectivity index (χ0) is 27.8. The van der Waals surface area contributed by atoms with Crippen LogP contribution in [0.1, 0.15) is 28.8 Å². The molecule has 1 saturated heterocycles. The number of fused-ring (bicyclic) bond motifs is 1. The molecule has 3 N–H and O–H groups in total. The van der Waals surface area contributed by atoms with Gasteiger partial charge in [0.25, 0.3) is 5.91 Å². The number of likely N-dealkylation sites (tertiary alicyclic amines) is 1. The lowest BCUT2D eigenvalue weighted by Crippen LogP contribution is -2.23. The van der Waals surface area contributed by atoms with Crippen LogP contribution in [0.5, 0.6) is 17.2 Å². The van der Waals surface area contributed by atoms with E-state index >= 15 is 0 Å². The highest BCUT2D eigenvalue weighted by Crippen LogP contribution is 2.36. The number of amides is 2. The van der Waals surface area contributed by atoms with E-state index in [9.17, 15) is 9.59 Å². The number of carbonyl (C=O) groups is 2. The molecule has 2 aromatic carbocycles. The maximum absolute atomic E-state index is 12.8. The first-order valence-corrected chi connectivity index (χ1v) is 12.7. The molecular formula is C29H33N5O5. The lowest BCUT2D eigenvalue weighted by Gasteiger charge is -2.14. The van der Waals surface area contributed by atoms with E-state index < -0.39 is 0 Å². The van der Waals surface area contributed by atoms with E-state index in [2.05, 4.69) is 20.5 Å². The summed E-state index contributed by atoms with van der Waals surface area (Å²) in [5.74, 6) is 1.55. The SMILES string of the molecule is CNC(=O)n1ccc2cc(Oc3ccnc(NC(=O)c4ccc(CN5CCCC5)cc4)c3)c(OC)cc21.CO. The molecule has 204 valence electrons. The van der Waals surface area contributed by atoms with Gasteiger partial charge in [0, 0.05) is 56.2 Å². The van der Waals surface area contributed by atoms with Gasteiger partial charge in [-0.1, -0.05) is 12.1 Å². The lowest BCUT2D eigenvalue weighted by atomic mass is 10.1. The third-order valence-electron chi connectivity index (χ3n) is 6.43. The quantitative estimate of drug-likeness (QED) is 0.322. The highest BCUT2D eigenvalue weighted by Gasteiger charge is 2.15. The first kappa shape index (κ1) is 27.6. The Bertz CT molecular complexity index is 1430. The maximum atomic E-state index is 12.8. The number of benzene rings is 2. The normalized spacial score (nSPS) is 12.9. The van der Waals surface area contributed by atoms with Crippen molar-refractivity contribution in [3.63, 3.8) is 0 Å². The number of anilines is 1. The van der Waals surface area contributed by atoms with Gasteiger partial charge in [0.1, 0.15) is 11.6 Å². The summed E-state index contributed by atoms with van der Waals surface area (Å²) >= 11 is 0. The van der Waals surface area contributed by atoms with Gasteiger partial charge in [-0.25, -0.2) is 9.78 Å². The molecule has 1 aliphatic heterocycles. The average molecular weight is 532 g/mol. The fourth-order valence-corrected chi connectivity index (χ4v) is 4.50. The van der Waals surface area contributed by atoms with Crippen molar-refractivity contribution in [1.29, 1.82) is 0 Å². The van der Waals surface area contributed by atoms with Crippen LogP contribution in [-0.2, 0) is 6.54 Å². The molecular weight excluding hydrogens is 498 g/mol. The number of ether oxygens (including phenoxy) is 2. The van der Waals surface area contributed by atoms with Gasteiger partial charge in [-0.3, -0.25) is 14.3 Å². The van der Waals surface area contributed by atoms with Crippen LogP contribution in [0.3, 0.4) is 0 Å². The summed E-state index contributed by atoms with van der Waals surface area (Å²) in [7, 11) is 4.11. The molecule has 2 amide bonds. The summed E-state index contributed by atoms with van der Waals surface area (Å²) < 4.78 is 13.1. The van der Waals surface area contributed by atoms with Gasteiger partial charge in [-0.2, -0.15) is 0 Å². The zero-order valence-corrected chi connectivity index (χ0v) is 22.3. The van der Waals surface area contributed by atoms with E-state index in [-0.39, 0.29) is 11.9 Å². The molecule has 0 aliphatic carbocycles. The largest absolute Gasteiger partial charge is 0.493 e. The number of methoxy groups -OCH3 is 1. The molecule has 0 saturated carbocycles. The van der Waals surface area contributed by atoms with Crippen LogP contribution < -0.4 is 20.1 Å². The second-order valence-corrected chi connectivity index (χ2v) is 8.92. The average Bonchev–Trinajstić information content (AvgIpc) is 3.63. The van der Waals surface area contributed by atoms with E-state index in [1.807, 2.05) is 30.3 Å². The van der Waals surface area contributed by atoms with Gasteiger partial charge in [-0.15, -0.1) is 0 Å². The summed E-state index contributed by atoms with van der Waals surface area (Å²) in [6.45, 7) is 3.18. The Morgan fingerprint density at radius 3 is 2.44 bits per heavy atom. The van der Waals surface area contributed by atoms with E-state index in [1.165, 1.54) is 30.1 Å². The van der Waals surface area contributed by atoms with Crippen LogP contribution in [0.15, 0.2) is 67.0 Å². The topological polar surface area (TPSA) is 118 Å². The van der Waals surface area contributed by atoms with Gasteiger partial charge < -0.3 is 25.2 Å². The van der Waals surface area contributed by atoms with E-state index in [4.69, 9.17) is 14.6 Å². The highest BCUT2D eigenvalue weighted by molar-refractivity contribution is 6.03. The molecule has 10 nitrogen and oxygen atoms in total. The van der Waals surface area contributed by atoms with Crippen molar-refractivity contribution in [2.75, 3.05) is 39.7 Å². The van der Waals surface area contributed by atoms with Crippen LogP contribution in [0.4, 0.5) is 10.6 Å². The van der Waals surface area contributed by atoms with Crippen LogP contribution >= 0.6 is 0 Å². The van der Waals surface area contributed by atoms with Crippen LogP contribution in [0, 0.1) is 0 Å². The summed E-state index contributed by atoms with van der Waals surface area (Å²) in [6.07, 6.45) is 5.76. The number of aliphatic hydroxyl groups excluding tert-OH is 1. The molecule has 4 aromatic rings. The van der Waals surface area contributed by atoms with Gasteiger partial charge >= 0.3 is 6.03 Å². The number of aromatic nitrogens is 2. The molecule has 0 radical (unpaired) electrons. The number of nitrogens with one attached hydrogen (secondary N) is 2. The molecule has 1 fully saturated rings. The number of nitrogens with zero attached hydrogens (tertiary/aromatic N) is 3. The molecule has 5 rings (SSSR count). The fraction of sp³-hybridized carbons (Fsp3) is 0.276. The zero-order valence-electron chi connectivity index (χ0n) is 22.3. The third kappa shape index (κ3) is 6.54. The summed E-state index contributed by atoms with van der Waals surface area (Å²) in [5, 5.41) is 13.3. The number of pyridine rings is 1. The minimum Gasteiger partial charge on any atom is -0.493 e. The van der Waals surface area contributed by atoms with E-state index in [1.54, 1.807) is 43.7 Å². The van der Waals surface area contributed by atoms with Crippen LogP contribution in [0.25, 0.3) is 10.9 Å². The van der Waals surface area contributed by atoms with Gasteiger partial charge in [-0.05, 0) is 61.8 Å². The Hall–Kier alpha value is -4.41. The summed E-state index contributed by atoms with van der Waals surface area (Å²) in [5.41, 5.74) is 2.45. The summed E-state index contributed by atoms with van der Waals surface area (Å²) in [4.78, 5) is 31.6. The molecule has 0 unspecified atom stereocenters. The fourth-order valence-electron chi connectivity index (χ4n) is 4.50. The van der Waals surface area contributed by atoms with Crippen molar-refractivity contribution >= 4 is 28.7 Å². The molecule has 0 spiro atoms. The number of aliphatic hydroxyl groups is 1. The van der Waals surface area contributed by atoms with Crippen molar-refractivity contribution in [2.45, 2.75) is 19.4 Å². The van der Waals surface area contributed by atoms with Crippen LogP contribution in [-0.4, -0.2) is 65.9 Å². The number of rotatable bonds is 7. The minimum atomic E-state index is -0.249. The minimum absolute atomic E-state index is 0.244. The van der Waals surface area contributed by atoms with Crippen molar-refractivity contribution in [2.24, 2.45) is 0 Å². The van der Waals surface area contributed by atoms with Gasteiger partial charge in [0.2, 0.25) is 0 Å². The molecule has 2 aromatic heterocycles.